The molecule has 3 aromatic rings. The van der Waals surface area contributed by atoms with E-state index in [1.54, 1.807) is 36.0 Å². The predicted octanol–water partition coefficient (Wildman–Crippen LogP) is 5.03. The SMILES string of the molecule is Cc1cc(C)c2c(c1)[C@]1(C(=O)N2)[C@H](C(=O)c2ccccc2)[C@@H](c2ccc([N+](=O)[O-])cc2)[C@@H]2CSCN21. The summed E-state index contributed by atoms with van der Waals surface area (Å²) in [4.78, 5) is 41.6. The van der Waals surface area contributed by atoms with Crippen molar-refractivity contribution in [2.24, 2.45) is 5.92 Å². The van der Waals surface area contributed by atoms with Gasteiger partial charge in [0, 0.05) is 52.5 Å². The Morgan fingerprint density at radius 3 is 2.53 bits per heavy atom. The lowest BCUT2D eigenvalue weighted by Crippen LogP contribution is -2.52. The third kappa shape index (κ3) is 3.10. The summed E-state index contributed by atoms with van der Waals surface area (Å²) >= 11 is 1.75. The first-order valence-electron chi connectivity index (χ1n) is 12.0. The number of fused-ring (bicyclic) bond motifs is 4. The molecular formula is C28H25N3O4S. The third-order valence-electron chi connectivity index (χ3n) is 7.90. The Bertz CT molecular complexity index is 1410. The fourth-order valence-electron chi connectivity index (χ4n) is 6.51. The standard InChI is InChI=1S/C28H25N3O4S/c1-16-12-17(2)25-21(13-16)28(27(33)29-25)24(26(32)19-6-4-3-5-7-19)23(22-14-36-15-30(22)28)18-8-10-20(11-9-18)31(34)35/h3-13,22-24H,14-15H2,1-2H3,(H,29,33)/t22-,23-,24-,28+/m0/s1. The summed E-state index contributed by atoms with van der Waals surface area (Å²) in [5.41, 5.74) is 3.92. The fraction of sp³-hybridized carbons (Fsp3) is 0.286. The molecule has 4 atom stereocenters. The van der Waals surface area contributed by atoms with Crippen molar-refractivity contribution in [3.63, 3.8) is 0 Å². The number of benzene rings is 3. The summed E-state index contributed by atoms with van der Waals surface area (Å²) in [6.45, 7) is 3.99. The van der Waals surface area contributed by atoms with Gasteiger partial charge >= 0.3 is 0 Å². The summed E-state index contributed by atoms with van der Waals surface area (Å²) in [6, 6.07) is 19.7. The predicted molar refractivity (Wildman–Crippen MR) is 139 cm³/mol. The lowest BCUT2D eigenvalue weighted by atomic mass is 9.69. The number of thioether (sulfide) groups is 1. The van der Waals surface area contributed by atoms with Crippen molar-refractivity contribution in [3.8, 4) is 0 Å². The van der Waals surface area contributed by atoms with Crippen molar-refractivity contribution < 1.29 is 14.5 Å². The Labute approximate surface area is 213 Å². The molecule has 0 aliphatic carbocycles. The third-order valence-corrected chi connectivity index (χ3v) is 8.94. The van der Waals surface area contributed by atoms with Crippen LogP contribution in [0.4, 0.5) is 11.4 Å². The Morgan fingerprint density at radius 1 is 1.11 bits per heavy atom. The van der Waals surface area contributed by atoms with Crippen LogP contribution in [0.15, 0.2) is 66.7 Å². The molecule has 6 rings (SSSR count). The van der Waals surface area contributed by atoms with Gasteiger partial charge < -0.3 is 5.32 Å². The Balaban J connectivity index is 1.62. The van der Waals surface area contributed by atoms with Gasteiger partial charge in [-0.1, -0.05) is 60.2 Å². The molecule has 1 spiro atoms. The molecule has 1 N–H and O–H groups in total. The second kappa shape index (κ2) is 8.28. The van der Waals surface area contributed by atoms with Crippen LogP contribution in [0, 0.1) is 29.9 Å². The molecular weight excluding hydrogens is 474 g/mol. The van der Waals surface area contributed by atoms with Crippen LogP contribution in [0.25, 0.3) is 0 Å². The topological polar surface area (TPSA) is 92.5 Å². The normalized spacial score (nSPS) is 26.6. The second-order valence-corrected chi connectivity index (χ2v) is 10.8. The smallest absolute Gasteiger partial charge is 0.269 e. The highest BCUT2D eigenvalue weighted by atomic mass is 32.2. The van der Waals surface area contributed by atoms with Crippen molar-refractivity contribution in [1.29, 1.82) is 0 Å². The van der Waals surface area contributed by atoms with Gasteiger partial charge in [0.05, 0.1) is 10.8 Å². The van der Waals surface area contributed by atoms with Gasteiger partial charge in [0.1, 0.15) is 5.54 Å². The zero-order valence-electron chi connectivity index (χ0n) is 19.9. The molecule has 8 heteroatoms. The van der Waals surface area contributed by atoms with E-state index in [9.17, 15) is 19.7 Å². The van der Waals surface area contributed by atoms with E-state index in [1.165, 1.54) is 12.1 Å². The molecule has 3 heterocycles. The Kier molecular flexibility index (Phi) is 5.28. The van der Waals surface area contributed by atoms with Crippen LogP contribution in [-0.2, 0) is 10.3 Å². The molecule has 2 saturated heterocycles. The zero-order valence-corrected chi connectivity index (χ0v) is 20.7. The molecule has 182 valence electrons. The number of hydrogen-bond donors (Lipinski definition) is 1. The van der Waals surface area contributed by atoms with Gasteiger partial charge in [-0.3, -0.25) is 24.6 Å². The van der Waals surface area contributed by atoms with Crippen LogP contribution in [0.2, 0.25) is 0 Å². The van der Waals surface area contributed by atoms with Crippen LogP contribution >= 0.6 is 11.8 Å². The molecule has 2 fully saturated rings. The highest BCUT2D eigenvalue weighted by Gasteiger charge is 2.69. The van der Waals surface area contributed by atoms with Crippen molar-refractivity contribution in [1.82, 2.24) is 4.90 Å². The van der Waals surface area contributed by atoms with Crippen LogP contribution in [0.5, 0.6) is 0 Å². The van der Waals surface area contributed by atoms with Crippen LogP contribution < -0.4 is 5.32 Å². The minimum absolute atomic E-state index is 0.00486. The van der Waals surface area contributed by atoms with Crippen molar-refractivity contribution in [2.75, 3.05) is 16.9 Å². The van der Waals surface area contributed by atoms with E-state index in [0.29, 0.717) is 11.4 Å². The first-order valence-corrected chi connectivity index (χ1v) is 13.1. The molecule has 3 aromatic carbocycles. The average molecular weight is 500 g/mol. The Morgan fingerprint density at radius 2 is 1.83 bits per heavy atom. The number of carbonyl (C=O) groups is 2. The lowest BCUT2D eigenvalue weighted by Gasteiger charge is -2.36. The number of amides is 1. The highest BCUT2D eigenvalue weighted by Crippen LogP contribution is 2.61. The fourth-order valence-corrected chi connectivity index (χ4v) is 7.83. The number of hydrogen-bond acceptors (Lipinski definition) is 6. The molecule has 0 unspecified atom stereocenters. The molecule has 3 aliphatic heterocycles. The van der Waals surface area contributed by atoms with E-state index in [2.05, 4.69) is 10.2 Å². The number of ketones is 1. The van der Waals surface area contributed by atoms with E-state index in [1.807, 2.05) is 44.2 Å². The van der Waals surface area contributed by atoms with Crippen molar-refractivity contribution in [2.45, 2.75) is 31.3 Å². The molecule has 7 nitrogen and oxygen atoms in total. The van der Waals surface area contributed by atoms with E-state index in [-0.39, 0.29) is 29.3 Å². The van der Waals surface area contributed by atoms with E-state index < -0.39 is 16.4 Å². The number of aryl methyl sites for hydroxylation is 2. The summed E-state index contributed by atoms with van der Waals surface area (Å²) in [5.74, 6) is 0.167. The average Bonchev–Trinajstić information content (AvgIpc) is 3.53. The molecule has 0 radical (unpaired) electrons. The number of Topliss-reactive ketones (excluding diaryl/α,β-unsaturated/α-hetero) is 1. The van der Waals surface area contributed by atoms with Gasteiger partial charge in [-0.05, 0) is 25.0 Å². The number of carbonyl (C=O) groups excluding carboxylic acids is 2. The highest BCUT2D eigenvalue weighted by molar-refractivity contribution is 7.99. The number of rotatable bonds is 4. The maximum absolute atomic E-state index is 14.4. The molecule has 36 heavy (non-hydrogen) atoms. The first-order chi connectivity index (χ1) is 17.3. The summed E-state index contributed by atoms with van der Waals surface area (Å²) in [7, 11) is 0. The maximum Gasteiger partial charge on any atom is 0.269 e. The molecule has 1 amide bonds. The number of non-ortho nitro benzene ring substituents is 1. The van der Waals surface area contributed by atoms with Gasteiger partial charge in [-0.25, -0.2) is 0 Å². The van der Waals surface area contributed by atoms with E-state index in [0.717, 1.165) is 33.7 Å². The van der Waals surface area contributed by atoms with E-state index >= 15 is 0 Å². The monoisotopic (exact) mass is 499 g/mol. The number of anilines is 1. The minimum Gasteiger partial charge on any atom is -0.324 e. The largest absolute Gasteiger partial charge is 0.324 e. The minimum atomic E-state index is -1.15. The zero-order chi connectivity index (χ0) is 25.2. The molecule has 0 bridgehead atoms. The summed E-state index contributed by atoms with van der Waals surface area (Å²) in [6.07, 6.45) is 0. The summed E-state index contributed by atoms with van der Waals surface area (Å²) in [5, 5.41) is 14.4. The van der Waals surface area contributed by atoms with Crippen LogP contribution in [-0.4, -0.2) is 39.2 Å². The van der Waals surface area contributed by atoms with Crippen molar-refractivity contribution >= 4 is 34.8 Å². The second-order valence-electron chi connectivity index (χ2n) is 9.84. The van der Waals surface area contributed by atoms with Gasteiger partial charge in [0.25, 0.3) is 5.69 Å². The number of nitro groups is 1. The van der Waals surface area contributed by atoms with E-state index in [4.69, 9.17) is 0 Å². The lowest BCUT2D eigenvalue weighted by molar-refractivity contribution is -0.384. The Hall–Kier alpha value is -3.49. The summed E-state index contributed by atoms with van der Waals surface area (Å²) < 4.78 is 0. The number of nitrogens with zero attached hydrogens (tertiary/aromatic N) is 2. The maximum atomic E-state index is 14.4. The van der Waals surface area contributed by atoms with Crippen LogP contribution in [0.1, 0.15) is 38.5 Å². The number of nitro benzene ring substituents is 1. The van der Waals surface area contributed by atoms with Gasteiger partial charge in [-0.2, -0.15) is 0 Å². The van der Waals surface area contributed by atoms with Gasteiger partial charge in [-0.15, -0.1) is 11.8 Å². The first kappa shape index (κ1) is 22.9. The van der Waals surface area contributed by atoms with Gasteiger partial charge in [0.15, 0.2) is 5.78 Å². The number of nitrogens with one attached hydrogen (secondary N) is 1. The van der Waals surface area contributed by atoms with Crippen molar-refractivity contribution in [3.05, 3.63) is 105 Å². The quantitative estimate of drug-likeness (QED) is 0.308. The molecule has 0 aromatic heterocycles. The molecule has 3 aliphatic rings. The molecule has 0 saturated carbocycles. The van der Waals surface area contributed by atoms with Gasteiger partial charge in [0.2, 0.25) is 5.91 Å². The van der Waals surface area contributed by atoms with Crippen LogP contribution in [0.3, 0.4) is 0 Å².